The van der Waals surface area contributed by atoms with Crippen LogP contribution in [0.2, 0.25) is 0 Å². The van der Waals surface area contributed by atoms with Gasteiger partial charge in [0.25, 0.3) is 0 Å². The summed E-state index contributed by atoms with van der Waals surface area (Å²) in [5.41, 5.74) is 2.86. The first kappa shape index (κ1) is 21.1. The number of aromatic amines is 1. The Morgan fingerprint density at radius 1 is 1.27 bits per heavy atom. The lowest BCUT2D eigenvalue weighted by atomic mass is 9.74. The fourth-order valence-corrected chi connectivity index (χ4v) is 4.78. The molecule has 1 N–H and O–H groups in total. The maximum Gasteiger partial charge on any atom is 0.410 e. The van der Waals surface area contributed by atoms with Crippen LogP contribution in [0.15, 0.2) is 34.0 Å². The Morgan fingerprint density at radius 2 is 2.12 bits per heavy atom. The molecular weight excluding hydrogens is 422 g/mol. The van der Waals surface area contributed by atoms with Crippen LogP contribution in [0.5, 0.6) is 0 Å². The molecule has 1 aromatic carbocycles. The van der Waals surface area contributed by atoms with Crippen LogP contribution in [0.3, 0.4) is 0 Å². The molecule has 170 valence electrons. The van der Waals surface area contributed by atoms with Crippen LogP contribution in [0.1, 0.15) is 57.1 Å². The highest BCUT2D eigenvalue weighted by Crippen LogP contribution is 2.44. The lowest BCUT2D eigenvalue weighted by molar-refractivity contribution is 0.0163. The van der Waals surface area contributed by atoms with Gasteiger partial charge in [-0.3, -0.25) is 10.00 Å². The highest BCUT2D eigenvalue weighted by molar-refractivity contribution is 6.00. The summed E-state index contributed by atoms with van der Waals surface area (Å²) in [5.74, 6) is -0.413. The Bertz CT molecular complexity index is 1260. The molecule has 10 heteroatoms. The number of fused-ring (bicyclic) bond motifs is 2. The monoisotopic (exact) mass is 447 g/mol. The third kappa shape index (κ3) is 3.73. The molecule has 1 fully saturated rings. The van der Waals surface area contributed by atoms with Crippen molar-refractivity contribution < 1.29 is 14.2 Å². The number of piperidine rings is 1. The molecule has 2 aliphatic heterocycles. The van der Waals surface area contributed by atoms with Crippen LogP contribution in [-0.2, 0) is 4.74 Å². The minimum Gasteiger partial charge on any atom is -0.444 e. The maximum absolute atomic E-state index is 13.1. The SMILES string of the molecule is CC(C)(C)OC(=O)N1CCCCC1C1=Nc2[nH]ncc2C(c2cccc3nonc23)C1C#N. The second-order valence-electron chi connectivity index (χ2n) is 9.46. The number of nitriles is 1. The molecule has 0 radical (unpaired) electrons. The molecule has 3 aromatic rings. The molecule has 10 nitrogen and oxygen atoms in total. The van der Waals surface area contributed by atoms with E-state index in [1.54, 1.807) is 11.1 Å². The summed E-state index contributed by atoms with van der Waals surface area (Å²) in [5, 5.41) is 25.6. The number of ether oxygens (including phenoxy) is 1. The summed E-state index contributed by atoms with van der Waals surface area (Å²) in [6, 6.07) is 7.73. The van der Waals surface area contributed by atoms with E-state index in [0.29, 0.717) is 35.5 Å². The van der Waals surface area contributed by atoms with Crippen molar-refractivity contribution >= 4 is 28.7 Å². The minimum atomic E-state index is -0.620. The van der Waals surface area contributed by atoms with Crippen LogP contribution in [0.25, 0.3) is 11.0 Å². The van der Waals surface area contributed by atoms with Crippen molar-refractivity contribution in [2.45, 2.75) is 57.6 Å². The average Bonchev–Trinajstić information content (AvgIpc) is 3.45. The van der Waals surface area contributed by atoms with Gasteiger partial charge in [-0.2, -0.15) is 10.4 Å². The predicted molar refractivity (Wildman–Crippen MR) is 119 cm³/mol. The number of aromatic nitrogens is 4. The first-order valence-electron chi connectivity index (χ1n) is 11.1. The van der Waals surface area contributed by atoms with E-state index in [4.69, 9.17) is 14.4 Å². The molecule has 33 heavy (non-hydrogen) atoms. The third-order valence-electron chi connectivity index (χ3n) is 6.14. The largest absolute Gasteiger partial charge is 0.444 e. The highest BCUT2D eigenvalue weighted by Gasteiger charge is 2.44. The molecule has 0 spiro atoms. The summed E-state index contributed by atoms with van der Waals surface area (Å²) in [6.45, 7) is 6.10. The van der Waals surface area contributed by atoms with Gasteiger partial charge in [-0.1, -0.05) is 12.1 Å². The number of likely N-dealkylation sites (tertiary alicyclic amines) is 1. The molecule has 2 aliphatic rings. The Kier molecular flexibility index (Phi) is 5.12. The Morgan fingerprint density at radius 3 is 2.91 bits per heavy atom. The van der Waals surface area contributed by atoms with Gasteiger partial charge in [0.15, 0.2) is 5.82 Å². The van der Waals surface area contributed by atoms with Crippen LogP contribution < -0.4 is 0 Å². The van der Waals surface area contributed by atoms with Gasteiger partial charge < -0.3 is 4.74 Å². The van der Waals surface area contributed by atoms with Crippen LogP contribution in [0.4, 0.5) is 10.6 Å². The predicted octanol–water partition coefficient (Wildman–Crippen LogP) is 4.09. The smallest absolute Gasteiger partial charge is 0.410 e. The topological polar surface area (TPSA) is 133 Å². The van der Waals surface area contributed by atoms with Gasteiger partial charge in [0.05, 0.1) is 29.9 Å². The van der Waals surface area contributed by atoms with Gasteiger partial charge in [0.2, 0.25) is 0 Å². The van der Waals surface area contributed by atoms with Crippen molar-refractivity contribution in [1.29, 1.82) is 5.26 Å². The van der Waals surface area contributed by atoms with Crippen molar-refractivity contribution in [2.24, 2.45) is 10.9 Å². The standard InChI is InChI=1S/C23H25N7O3/c1-23(2,3)32-22(31)30-10-5-4-9-17(30)20-14(11-24)18(15-12-25-27-21(15)26-20)13-7-6-8-16-19(13)29-33-28-16/h6-8,12,14,17-18H,4-5,9-10H2,1-3H3,(H,25,27). The maximum atomic E-state index is 13.1. The van der Waals surface area contributed by atoms with E-state index in [9.17, 15) is 10.1 Å². The van der Waals surface area contributed by atoms with E-state index in [-0.39, 0.29) is 18.1 Å². The van der Waals surface area contributed by atoms with Gasteiger partial charge in [-0.25, -0.2) is 14.4 Å². The Balaban J connectivity index is 1.60. The van der Waals surface area contributed by atoms with Gasteiger partial charge in [-0.15, -0.1) is 0 Å². The van der Waals surface area contributed by atoms with E-state index in [1.165, 1.54) is 0 Å². The first-order valence-corrected chi connectivity index (χ1v) is 11.1. The number of nitrogens with one attached hydrogen (secondary N) is 1. The summed E-state index contributed by atoms with van der Waals surface area (Å²) < 4.78 is 10.6. The van der Waals surface area contributed by atoms with Gasteiger partial charge in [0, 0.05) is 18.0 Å². The molecule has 1 saturated heterocycles. The number of nitrogens with zero attached hydrogens (tertiary/aromatic N) is 6. The zero-order chi connectivity index (χ0) is 23.2. The van der Waals surface area contributed by atoms with Crippen molar-refractivity contribution in [1.82, 2.24) is 25.4 Å². The number of amides is 1. The number of hydrogen-bond acceptors (Lipinski definition) is 8. The number of rotatable bonds is 2. The van der Waals surface area contributed by atoms with Gasteiger partial charge in [-0.05, 0) is 62.0 Å². The molecule has 4 heterocycles. The fraction of sp³-hybridized carbons (Fsp3) is 0.478. The molecule has 0 saturated carbocycles. The lowest BCUT2D eigenvalue weighted by Crippen LogP contribution is -2.52. The molecule has 1 amide bonds. The third-order valence-corrected chi connectivity index (χ3v) is 6.14. The van der Waals surface area contributed by atoms with E-state index < -0.39 is 11.5 Å². The van der Waals surface area contributed by atoms with Gasteiger partial charge in [0.1, 0.15) is 16.6 Å². The van der Waals surface area contributed by atoms with E-state index in [0.717, 1.165) is 24.0 Å². The number of carbonyl (C=O) groups is 1. The summed E-state index contributed by atoms with van der Waals surface area (Å²) in [4.78, 5) is 19.6. The molecule has 2 aromatic heterocycles. The van der Waals surface area contributed by atoms with Gasteiger partial charge >= 0.3 is 6.09 Å². The van der Waals surface area contributed by atoms with Crippen molar-refractivity contribution in [3.05, 3.63) is 35.5 Å². The van der Waals surface area contributed by atoms with Crippen LogP contribution in [0, 0.1) is 17.2 Å². The van der Waals surface area contributed by atoms with Crippen LogP contribution >= 0.6 is 0 Å². The molecule has 0 aliphatic carbocycles. The van der Waals surface area contributed by atoms with E-state index >= 15 is 0 Å². The Hall–Kier alpha value is -3.74. The average molecular weight is 447 g/mol. The minimum absolute atomic E-state index is 0.341. The molecule has 3 unspecified atom stereocenters. The van der Waals surface area contributed by atoms with E-state index in [1.807, 2.05) is 39.0 Å². The summed E-state index contributed by atoms with van der Waals surface area (Å²) in [6.07, 6.45) is 3.83. The van der Waals surface area contributed by atoms with Crippen molar-refractivity contribution in [3.8, 4) is 6.07 Å². The summed E-state index contributed by atoms with van der Waals surface area (Å²) >= 11 is 0. The molecular formula is C23H25N7O3. The number of hydrogen-bond donors (Lipinski definition) is 1. The highest BCUT2D eigenvalue weighted by atomic mass is 16.6. The number of H-pyrrole nitrogens is 1. The zero-order valence-corrected chi connectivity index (χ0v) is 18.8. The number of carbonyl (C=O) groups excluding carboxylic acids is 1. The summed E-state index contributed by atoms with van der Waals surface area (Å²) in [7, 11) is 0. The lowest BCUT2D eigenvalue weighted by Gasteiger charge is -2.40. The number of benzene rings is 1. The van der Waals surface area contributed by atoms with E-state index in [2.05, 4.69) is 26.6 Å². The quantitative estimate of drug-likeness (QED) is 0.625. The number of aliphatic imine (C=N–C) groups is 1. The fourth-order valence-electron chi connectivity index (χ4n) is 4.78. The van der Waals surface area contributed by atoms with Crippen molar-refractivity contribution in [2.75, 3.05) is 6.54 Å². The second kappa shape index (κ2) is 7.99. The second-order valence-corrected chi connectivity index (χ2v) is 9.46. The molecule has 5 rings (SSSR count). The van der Waals surface area contributed by atoms with Crippen molar-refractivity contribution in [3.63, 3.8) is 0 Å². The Labute approximate surface area is 190 Å². The van der Waals surface area contributed by atoms with Crippen LogP contribution in [-0.4, -0.2) is 55.4 Å². The molecule has 3 atom stereocenters. The molecule has 0 bridgehead atoms. The zero-order valence-electron chi connectivity index (χ0n) is 18.8. The first-order chi connectivity index (χ1) is 15.9. The normalized spacial score (nSPS) is 23.0.